The van der Waals surface area contributed by atoms with Gasteiger partial charge in [0.1, 0.15) is 0 Å². The lowest BCUT2D eigenvalue weighted by Gasteiger charge is -2.09. The average Bonchev–Trinajstić information content (AvgIpc) is 3.59. The monoisotopic (exact) mass is 411 g/mol. The van der Waals surface area contributed by atoms with E-state index in [9.17, 15) is 9.59 Å². The molecule has 1 saturated carbocycles. The van der Waals surface area contributed by atoms with Crippen LogP contribution in [0, 0.1) is 12.8 Å². The van der Waals surface area contributed by atoms with E-state index in [-0.39, 0.29) is 23.7 Å². The predicted octanol–water partition coefficient (Wildman–Crippen LogP) is 4.89. The quantitative estimate of drug-likeness (QED) is 0.448. The van der Waals surface area contributed by atoms with Gasteiger partial charge in [-0.05, 0) is 61.1 Å². The van der Waals surface area contributed by atoms with Crippen LogP contribution in [0.4, 0.5) is 5.69 Å². The molecule has 5 nitrogen and oxygen atoms in total. The van der Waals surface area contributed by atoms with Crippen LogP contribution in [0.15, 0.2) is 84.0 Å². The Balaban J connectivity index is 1.38. The maximum Gasteiger partial charge on any atom is 0.255 e. The SMILES string of the molecule is C/C(=N/NC(=O)[C@H]1C[C@@H]1c1ccccc1)c1cccc(NC(=O)c2ccccc2C)c1. The van der Waals surface area contributed by atoms with Crippen molar-refractivity contribution in [1.29, 1.82) is 0 Å². The second-order valence-electron chi connectivity index (χ2n) is 7.88. The van der Waals surface area contributed by atoms with Gasteiger partial charge in [-0.15, -0.1) is 0 Å². The molecule has 5 heteroatoms. The highest BCUT2D eigenvalue weighted by atomic mass is 16.2. The summed E-state index contributed by atoms with van der Waals surface area (Å²) in [6.45, 7) is 3.75. The van der Waals surface area contributed by atoms with Gasteiger partial charge >= 0.3 is 0 Å². The Morgan fingerprint density at radius 1 is 0.935 bits per heavy atom. The van der Waals surface area contributed by atoms with Crippen LogP contribution in [0.2, 0.25) is 0 Å². The maximum absolute atomic E-state index is 12.6. The van der Waals surface area contributed by atoms with E-state index in [1.54, 1.807) is 6.07 Å². The van der Waals surface area contributed by atoms with Crippen molar-refractivity contribution in [3.05, 3.63) is 101 Å². The topological polar surface area (TPSA) is 70.6 Å². The van der Waals surface area contributed by atoms with Crippen LogP contribution < -0.4 is 10.7 Å². The van der Waals surface area contributed by atoms with E-state index in [4.69, 9.17) is 0 Å². The number of hydrogen-bond donors (Lipinski definition) is 2. The Labute approximate surface area is 182 Å². The van der Waals surface area contributed by atoms with E-state index >= 15 is 0 Å². The minimum atomic E-state index is -0.154. The first-order valence-corrected chi connectivity index (χ1v) is 10.4. The van der Waals surface area contributed by atoms with Gasteiger partial charge in [0, 0.05) is 17.2 Å². The molecule has 0 bridgehead atoms. The molecule has 0 aromatic heterocycles. The van der Waals surface area contributed by atoms with Crippen LogP contribution in [0.1, 0.15) is 46.3 Å². The zero-order valence-electron chi connectivity index (χ0n) is 17.6. The summed E-state index contributed by atoms with van der Waals surface area (Å²) >= 11 is 0. The number of nitrogens with zero attached hydrogens (tertiary/aromatic N) is 1. The third kappa shape index (κ3) is 4.89. The molecule has 2 N–H and O–H groups in total. The molecule has 31 heavy (non-hydrogen) atoms. The van der Waals surface area contributed by atoms with Crippen molar-refractivity contribution in [2.75, 3.05) is 5.32 Å². The van der Waals surface area contributed by atoms with E-state index in [1.165, 1.54) is 5.56 Å². The Bertz CT molecular complexity index is 1140. The molecule has 0 saturated heterocycles. The number of hydrazone groups is 1. The summed E-state index contributed by atoms with van der Waals surface area (Å²) in [6, 6.07) is 25.0. The first-order chi connectivity index (χ1) is 15.0. The number of nitrogens with one attached hydrogen (secondary N) is 2. The third-order valence-electron chi connectivity index (χ3n) is 5.62. The lowest BCUT2D eigenvalue weighted by atomic mass is 10.1. The molecule has 0 spiro atoms. The minimum Gasteiger partial charge on any atom is -0.322 e. The maximum atomic E-state index is 12.6. The van der Waals surface area contributed by atoms with Crippen LogP contribution in [0.5, 0.6) is 0 Å². The van der Waals surface area contributed by atoms with Crippen molar-refractivity contribution in [2.45, 2.75) is 26.2 Å². The standard InChI is InChI=1S/C26H25N3O2/c1-17-9-6-7-14-22(17)25(30)27-21-13-8-12-20(15-21)18(2)28-29-26(31)24-16-23(24)19-10-4-3-5-11-19/h3-15,23-24H,16H2,1-2H3,(H,27,30)(H,29,31)/b28-18-/t23-,24+/m1/s1. The number of amides is 2. The number of rotatable bonds is 6. The van der Waals surface area contributed by atoms with E-state index in [2.05, 4.69) is 28.0 Å². The molecule has 1 fully saturated rings. The van der Waals surface area contributed by atoms with Gasteiger partial charge < -0.3 is 5.32 Å². The Hall–Kier alpha value is -3.73. The van der Waals surface area contributed by atoms with Crippen LogP contribution in [-0.4, -0.2) is 17.5 Å². The molecular weight excluding hydrogens is 386 g/mol. The summed E-state index contributed by atoms with van der Waals surface area (Å²) in [5.41, 5.74) is 7.64. The molecule has 0 heterocycles. The van der Waals surface area contributed by atoms with Crippen LogP contribution in [-0.2, 0) is 4.79 Å². The highest BCUT2D eigenvalue weighted by molar-refractivity contribution is 6.06. The molecule has 0 aliphatic heterocycles. The lowest BCUT2D eigenvalue weighted by molar-refractivity contribution is -0.122. The molecule has 0 radical (unpaired) electrons. The minimum absolute atomic E-state index is 0.0290. The molecule has 0 unspecified atom stereocenters. The van der Waals surface area contributed by atoms with Crippen LogP contribution in [0.25, 0.3) is 0 Å². The number of aryl methyl sites for hydroxylation is 1. The summed E-state index contributed by atoms with van der Waals surface area (Å²) < 4.78 is 0. The first kappa shape index (κ1) is 20.5. The van der Waals surface area contributed by atoms with E-state index in [0.29, 0.717) is 17.0 Å². The number of anilines is 1. The van der Waals surface area contributed by atoms with Gasteiger partial charge in [-0.1, -0.05) is 60.7 Å². The van der Waals surface area contributed by atoms with Crippen molar-refractivity contribution in [2.24, 2.45) is 11.0 Å². The molecule has 2 atom stereocenters. The van der Waals surface area contributed by atoms with Crippen molar-refractivity contribution in [3.8, 4) is 0 Å². The summed E-state index contributed by atoms with van der Waals surface area (Å²) in [4.78, 5) is 25.0. The predicted molar refractivity (Wildman–Crippen MR) is 123 cm³/mol. The fourth-order valence-corrected chi connectivity index (χ4v) is 3.69. The Morgan fingerprint density at radius 2 is 1.68 bits per heavy atom. The summed E-state index contributed by atoms with van der Waals surface area (Å²) in [7, 11) is 0. The van der Waals surface area contributed by atoms with Crippen molar-refractivity contribution in [1.82, 2.24) is 5.43 Å². The van der Waals surface area contributed by atoms with Gasteiger partial charge in [0.05, 0.1) is 5.71 Å². The summed E-state index contributed by atoms with van der Waals surface area (Å²) in [5.74, 6) is 0.0337. The zero-order chi connectivity index (χ0) is 21.8. The summed E-state index contributed by atoms with van der Waals surface area (Å²) in [6.07, 6.45) is 0.852. The smallest absolute Gasteiger partial charge is 0.255 e. The molecule has 3 aromatic carbocycles. The van der Waals surface area contributed by atoms with Gasteiger partial charge in [-0.3, -0.25) is 9.59 Å². The number of hydrogen-bond acceptors (Lipinski definition) is 3. The number of carbonyl (C=O) groups excluding carboxylic acids is 2. The van der Waals surface area contributed by atoms with Gasteiger partial charge in [0.15, 0.2) is 0 Å². The van der Waals surface area contributed by atoms with Gasteiger partial charge in [-0.25, -0.2) is 5.43 Å². The van der Waals surface area contributed by atoms with E-state index < -0.39 is 0 Å². The van der Waals surface area contributed by atoms with Crippen molar-refractivity contribution in [3.63, 3.8) is 0 Å². The van der Waals surface area contributed by atoms with Crippen LogP contribution in [0.3, 0.4) is 0 Å². The molecule has 156 valence electrons. The second-order valence-corrected chi connectivity index (χ2v) is 7.88. The van der Waals surface area contributed by atoms with E-state index in [1.807, 2.05) is 74.5 Å². The molecule has 1 aliphatic rings. The zero-order valence-corrected chi connectivity index (χ0v) is 17.6. The van der Waals surface area contributed by atoms with Gasteiger partial charge in [-0.2, -0.15) is 5.10 Å². The molecule has 4 rings (SSSR count). The average molecular weight is 412 g/mol. The Morgan fingerprint density at radius 3 is 2.45 bits per heavy atom. The number of carbonyl (C=O) groups is 2. The molecular formula is C26H25N3O2. The van der Waals surface area contributed by atoms with Crippen molar-refractivity contribution >= 4 is 23.2 Å². The second kappa shape index (κ2) is 8.96. The normalized spacial score (nSPS) is 17.7. The van der Waals surface area contributed by atoms with Crippen LogP contribution >= 0.6 is 0 Å². The van der Waals surface area contributed by atoms with Gasteiger partial charge in [0.25, 0.3) is 5.91 Å². The molecule has 2 amide bonds. The summed E-state index contributed by atoms with van der Waals surface area (Å²) in [5, 5.41) is 7.21. The molecule has 1 aliphatic carbocycles. The lowest BCUT2D eigenvalue weighted by Crippen LogP contribution is -2.21. The fourth-order valence-electron chi connectivity index (χ4n) is 3.69. The molecule has 3 aromatic rings. The number of benzene rings is 3. The fraction of sp³-hybridized carbons (Fsp3) is 0.192. The highest BCUT2D eigenvalue weighted by Crippen LogP contribution is 2.47. The highest BCUT2D eigenvalue weighted by Gasteiger charge is 2.43. The van der Waals surface area contributed by atoms with Gasteiger partial charge in [0.2, 0.25) is 5.91 Å². The first-order valence-electron chi connectivity index (χ1n) is 10.4. The third-order valence-corrected chi connectivity index (χ3v) is 5.62. The largest absolute Gasteiger partial charge is 0.322 e. The van der Waals surface area contributed by atoms with Crippen molar-refractivity contribution < 1.29 is 9.59 Å². The Kier molecular flexibility index (Phi) is 5.94. The van der Waals surface area contributed by atoms with E-state index in [0.717, 1.165) is 17.5 Å².